The zero-order valence-corrected chi connectivity index (χ0v) is 12.2. The van der Waals surface area contributed by atoms with Gasteiger partial charge in [0.1, 0.15) is 12.4 Å². The standard InChI is InChI=1S/C16H13ClN2O2/c1-11-18-16(19-21-11)13-5-7-15(8-6-13)20-10-12-3-2-4-14(17)9-12/h2-9H,10H2,1H3. The molecule has 0 atom stereocenters. The normalized spacial score (nSPS) is 10.6. The fraction of sp³-hybridized carbons (Fsp3) is 0.125. The minimum Gasteiger partial charge on any atom is -0.489 e. The summed E-state index contributed by atoms with van der Waals surface area (Å²) in [6, 6.07) is 15.2. The molecule has 4 nitrogen and oxygen atoms in total. The van der Waals surface area contributed by atoms with Gasteiger partial charge in [0, 0.05) is 17.5 Å². The van der Waals surface area contributed by atoms with Gasteiger partial charge in [-0.15, -0.1) is 0 Å². The molecule has 0 aliphatic carbocycles. The van der Waals surface area contributed by atoms with E-state index in [4.69, 9.17) is 20.9 Å². The van der Waals surface area contributed by atoms with Crippen LogP contribution in [0.2, 0.25) is 5.02 Å². The van der Waals surface area contributed by atoms with E-state index in [2.05, 4.69) is 10.1 Å². The van der Waals surface area contributed by atoms with Crippen molar-refractivity contribution in [1.29, 1.82) is 0 Å². The maximum atomic E-state index is 5.94. The van der Waals surface area contributed by atoms with Gasteiger partial charge in [-0.3, -0.25) is 0 Å². The Hall–Kier alpha value is -2.33. The van der Waals surface area contributed by atoms with Gasteiger partial charge in [0.15, 0.2) is 0 Å². The molecule has 0 radical (unpaired) electrons. The highest BCUT2D eigenvalue weighted by Crippen LogP contribution is 2.21. The topological polar surface area (TPSA) is 48.2 Å². The molecule has 1 aromatic heterocycles. The van der Waals surface area contributed by atoms with Crippen molar-refractivity contribution in [1.82, 2.24) is 10.1 Å². The Labute approximate surface area is 127 Å². The lowest BCUT2D eigenvalue weighted by molar-refractivity contribution is 0.306. The van der Waals surface area contributed by atoms with E-state index in [9.17, 15) is 0 Å². The molecule has 3 aromatic rings. The van der Waals surface area contributed by atoms with Gasteiger partial charge < -0.3 is 9.26 Å². The summed E-state index contributed by atoms with van der Waals surface area (Å²) in [5.74, 6) is 1.90. The molecule has 0 spiro atoms. The van der Waals surface area contributed by atoms with E-state index < -0.39 is 0 Å². The predicted molar refractivity (Wildman–Crippen MR) is 80.3 cm³/mol. The Bertz CT molecular complexity index is 738. The summed E-state index contributed by atoms with van der Waals surface area (Å²) >= 11 is 5.94. The zero-order valence-electron chi connectivity index (χ0n) is 11.4. The van der Waals surface area contributed by atoms with Crippen LogP contribution in [0.1, 0.15) is 11.5 Å². The van der Waals surface area contributed by atoms with Crippen molar-refractivity contribution in [2.45, 2.75) is 13.5 Å². The second-order valence-corrected chi connectivity index (χ2v) is 5.02. The number of nitrogens with zero attached hydrogens (tertiary/aromatic N) is 2. The second kappa shape index (κ2) is 5.97. The molecule has 1 heterocycles. The Morgan fingerprint density at radius 3 is 2.62 bits per heavy atom. The van der Waals surface area contributed by atoms with Crippen LogP contribution >= 0.6 is 11.6 Å². The summed E-state index contributed by atoms with van der Waals surface area (Å²) in [6.07, 6.45) is 0. The van der Waals surface area contributed by atoms with Gasteiger partial charge in [-0.25, -0.2) is 0 Å². The number of aryl methyl sites for hydroxylation is 1. The first-order valence-electron chi connectivity index (χ1n) is 6.49. The molecule has 0 saturated heterocycles. The Morgan fingerprint density at radius 1 is 1.14 bits per heavy atom. The largest absolute Gasteiger partial charge is 0.489 e. The van der Waals surface area contributed by atoms with Gasteiger partial charge in [0.25, 0.3) is 0 Å². The molecule has 0 saturated carbocycles. The third-order valence-corrected chi connectivity index (χ3v) is 3.17. The number of hydrogen-bond donors (Lipinski definition) is 0. The molecule has 0 N–H and O–H groups in total. The molecular weight excluding hydrogens is 288 g/mol. The fourth-order valence-corrected chi connectivity index (χ4v) is 2.12. The van der Waals surface area contributed by atoms with Crippen LogP contribution in [0.15, 0.2) is 53.1 Å². The van der Waals surface area contributed by atoms with Crippen LogP contribution in [0.25, 0.3) is 11.4 Å². The van der Waals surface area contributed by atoms with Crippen molar-refractivity contribution in [2.75, 3.05) is 0 Å². The molecule has 0 aliphatic heterocycles. The summed E-state index contributed by atoms with van der Waals surface area (Å²) in [5, 5.41) is 4.58. The highest BCUT2D eigenvalue weighted by atomic mass is 35.5. The van der Waals surface area contributed by atoms with E-state index in [0.29, 0.717) is 23.3 Å². The molecule has 21 heavy (non-hydrogen) atoms. The third-order valence-electron chi connectivity index (χ3n) is 2.93. The van der Waals surface area contributed by atoms with Crippen molar-refractivity contribution in [3.63, 3.8) is 0 Å². The van der Waals surface area contributed by atoms with Crippen LogP contribution in [0.5, 0.6) is 5.75 Å². The fourth-order valence-electron chi connectivity index (χ4n) is 1.91. The Balaban J connectivity index is 1.67. The van der Waals surface area contributed by atoms with Crippen molar-refractivity contribution in [2.24, 2.45) is 0 Å². The van der Waals surface area contributed by atoms with Gasteiger partial charge in [-0.05, 0) is 42.0 Å². The first-order valence-corrected chi connectivity index (χ1v) is 6.86. The van der Waals surface area contributed by atoms with E-state index in [1.165, 1.54) is 0 Å². The van der Waals surface area contributed by atoms with Gasteiger partial charge in [-0.1, -0.05) is 28.9 Å². The van der Waals surface area contributed by atoms with Crippen LogP contribution in [-0.4, -0.2) is 10.1 Å². The second-order valence-electron chi connectivity index (χ2n) is 4.58. The molecule has 0 fully saturated rings. The van der Waals surface area contributed by atoms with Crippen LogP contribution < -0.4 is 4.74 Å². The molecule has 0 aliphatic rings. The Morgan fingerprint density at radius 2 is 1.95 bits per heavy atom. The third kappa shape index (κ3) is 3.41. The maximum Gasteiger partial charge on any atom is 0.223 e. The lowest BCUT2D eigenvalue weighted by atomic mass is 10.2. The van der Waals surface area contributed by atoms with Crippen LogP contribution in [0, 0.1) is 6.92 Å². The number of halogens is 1. The SMILES string of the molecule is Cc1nc(-c2ccc(OCc3cccc(Cl)c3)cc2)no1. The maximum absolute atomic E-state index is 5.94. The summed E-state index contributed by atoms with van der Waals surface area (Å²) < 4.78 is 10.7. The molecular formula is C16H13ClN2O2. The lowest BCUT2D eigenvalue weighted by Gasteiger charge is -2.06. The minimum atomic E-state index is 0.473. The van der Waals surface area contributed by atoms with E-state index in [0.717, 1.165) is 16.9 Å². The van der Waals surface area contributed by atoms with Gasteiger partial charge in [-0.2, -0.15) is 4.98 Å². The first kappa shape index (κ1) is 13.6. The number of ether oxygens (including phenoxy) is 1. The Kier molecular flexibility index (Phi) is 3.88. The molecule has 5 heteroatoms. The van der Waals surface area contributed by atoms with E-state index >= 15 is 0 Å². The van der Waals surface area contributed by atoms with Gasteiger partial charge in [0.2, 0.25) is 11.7 Å². The van der Waals surface area contributed by atoms with Crippen molar-refractivity contribution < 1.29 is 9.26 Å². The first-order chi connectivity index (χ1) is 10.2. The summed E-state index contributed by atoms with van der Waals surface area (Å²) in [4.78, 5) is 4.18. The number of aromatic nitrogens is 2. The summed E-state index contributed by atoms with van der Waals surface area (Å²) in [6.45, 7) is 2.24. The van der Waals surface area contributed by atoms with Crippen molar-refractivity contribution in [3.05, 3.63) is 65.0 Å². The molecule has 3 rings (SSSR count). The smallest absolute Gasteiger partial charge is 0.223 e. The molecule has 0 bridgehead atoms. The average molecular weight is 301 g/mol. The minimum absolute atomic E-state index is 0.473. The van der Waals surface area contributed by atoms with Gasteiger partial charge in [0.05, 0.1) is 0 Å². The van der Waals surface area contributed by atoms with E-state index in [1.807, 2.05) is 48.5 Å². The zero-order chi connectivity index (χ0) is 14.7. The molecule has 0 amide bonds. The van der Waals surface area contributed by atoms with Gasteiger partial charge >= 0.3 is 0 Å². The average Bonchev–Trinajstić information content (AvgIpc) is 2.92. The van der Waals surface area contributed by atoms with Crippen LogP contribution in [-0.2, 0) is 6.61 Å². The highest BCUT2D eigenvalue weighted by molar-refractivity contribution is 6.30. The molecule has 106 valence electrons. The van der Waals surface area contributed by atoms with Crippen LogP contribution in [0.4, 0.5) is 0 Å². The number of benzene rings is 2. The monoisotopic (exact) mass is 300 g/mol. The van der Waals surface area contributed by atoms with Crippen molar-refractivity contribution in [3.8, 4) is 17.1 Å². The van der Waals surface area contributed by atoms with E-state index in [-0.39, 0.29) is 0 Å². The number of rotatable bonds is 4. The van der Waals surface area contributed by atoms with Crippen molar-refractivity contribution >= 4 is 11.6 Å². The van der Waals surface area contributed by atoms with E-state index in [1.54, 1.807) is 6.92 Å². The highest BCUT2D eigenvalue weighted by Gasteiger charge is 2.05. The quantitative estimate of drug-likeness (QED) is 0.721. The lowest BCUT2D eigenvalue weighted by Crippen LogP contribution is -1.95. The summed E-state index contributed by atoms with van der Waals surface area (Å²) in [5.41, 5.74) is 1.92. The summed E-state index contributed by atoms with van der Waals surface area (Å²) in [7, 11) is 0. The molecule has 2 aromatic carbocycles. The number of hydrogen-bond acceptors (Lipinski definition) is 4. The predicted octanol–water partition coefficient (Wildman–Crippen LogP) is 4.28. The van der Waals surface area contributed by atoms with Crippen LogP contribution in [0.3, 0.4) is 0 Å². The molecule has 0 unspecified atom stereocenters.